The number of carbonyl (C=O) groups is 1. The number of hydrogen-bond acceptors (Lipinski definition) is 3. The number of amides is 2. The number of nitrogens with one attached hydrogen (secondary N) is 2. The number of halogens is 3. The summed E-state index contributed by atoms with van der Waals surface area (Å²) in [5.41, 5.74) is 0. The zero-order valence-corrected chi connectivity index (χ0v) is 13.9. The first-order chi connectivity index (χ1) is 9.76. The molecule has 0 aromatic heterocycles. The van der Waals surface area contributed by atoms with Crippen LogP contribution < -0.4 is 10.6 Å². The molecule has 1 heterocycles. The molecule has 0 aromatic carbocycles. The van der Waals surface area contributed by atoms with E-state index in [-0.39, 0.29) is 18.6 Å². The Kier molecular flexibility index (Phi) is 5.42. The molecular formula is C13H23F3N2O3S. The second kappa shape index (κ2) is 6.25. The Labute approximate surface area is 128 Å². The fourth-order valence-electron chi connectivity index (χ4n) is 2.51. The quantitative estimate of drug-likeness (QED) is 0.824. The van der Waals surface area contributed by atoms with Gasteiger partial charge in [0.15, 0.2) is 9.84 Å². The Bertz CT molecular complexity index is 515. The summed E-state index contributed by atoms with van der Waals surface area (Å²) in [7, 11) is -3.24. The molecule has 22 heavy (non-hydrogen) atoms. The third-order valence-corrected chi connectivity index (χ3v) is 6.58. The highest BCUT2D eigenvalue weighted by atomic mass is 32.2. The Balaban J connectivity index is 2.67. The maximum Gasteiger partial charge on any atom is 0.408 e. The Morgan fingerprint density at radius 2 is 1.82 bits per heavy atom. The van der Waals surface area contributed by atoms with Crippen LogP contribution in [0.5, 0.6) is 0 Å². The third kappa shape index (κ3) is 4.50. The van der Waals surface area contributed by atoms with Crippen LogP contribution in [0, 0.1) is 5.92 Å². The summed E-state index contributed by atoms with van der Waals surface area (Å²) in [4.78, 5) is 11.8. The van der Waals surface area contributed by atoms with E-state index in [2.05, 4.69) is 5.32 Å². The van der Waals surface area contributed by atoms with E-state index in [1.165, 1.54) is 13.8 Å². The zero-order valence-electron chi connectivity index (χ0n) is 13.1. The van der Waals surface area contributed by atoms with Gasteiger partial charge < -0.3 is 10.6 Å². The maximum atomic E-state index is 12.8. The van der Waals surface area contributed by atoms with E-state index in [0.29, 0.717) is 0 Å². The van der Waals surface area contributed by atoms with Crippen molar-refractivity contribution in [3.63, 3.8) is 0 Å². The monoisotopic (exact) mass is 344 g/mol. The van der Waals surface area contributed by atoms with Gasteiger partial charge in [-0.05, 0) is 32.6 Å². The minimum absolute atomic E-state index is 0.0855. The summed E-state index contributed by atoms with van der Waals surface area (Å²) in [6.45, 7) is 5.85. The highest BCUT2D eigenvalue weighted by molar-refractivity contribution is 7.92. The molecule has 1 aliphatic rings. The molecule has 0 aliphatic carbocycles. The summed E-state index contributed by atoms with van der Waals surface area (Å²) in [6.07, 6.45) is -4.14. The Hall–Kier alpha value is -0.990. The van der Waals surface area contributed by atoms with Gasteiger partial charge >= 0.3 is 12.2 Å². The van der Waals surface area contributed by atoms with Crippen molar-refractivity contribution < 1.29 is 26.4 Å². The van der Waals surface area contributed by atoms with Crippen LogP contribution in [-0.2, 0) is 9.84 Å². The first-order valence-electron chi connectivity index (χ1n) is 7.12. The van der Waals surface area contributed by atoms with Crippen LogP contribution >= 0.6 is 0 Å². The van der Waals surface area contributed by atoms with Crippen LogP contribution in [0.25, 0.3) is 0 Å². The number of rotatable bonds is 3. The molecule has 5 nitrogen and oxygen atoms in total. The fraction of sp³-hybridized carbons (Fsp3) is 0.923. The maximum absolute atomic E-state index is 12.8. The SMILES string of the molecule is CC(C)[C@H](NC(=O)NC1CCS(=O)(=O)C(C)(C)C1)C(F)(F)F. The van der Waals surface area contributed by atoms with Gasteiger partial charge in [0.1, 0.15) is 6.04 Å². The molecule has 1 aliphatic heterocycles. The van der Waals surface area contributed by atoms with Crippen molar-refractivity contribution in [2.24, 2.45) is 5.92 Å². The van der Waals surface area contributed by atoms with Gasteiger partial charge in [-0.25, -0.2) is 13.2 Å². The molecule has 1 fully saturated rings. The molecule has 130 valence electrons. The Morgan fingerprint density at radius 3 is 2.23 bits per heavy atom. The van der Waals surface area contributed by atoms with E-state index in [1.54, 1.807) is 13.8 Å². The average Bonchev–Trinajstić information content (AvgIpc) is 2.29. The second-order valence-electron chi connectivity index (χ2n) is 6.65. The first kappa shape index (κ1) is 19.1. The van der Waals surface area contributed by atoms with Gasteiger partial charge in [0.25, 0.3) is 0 Å². The molecule has 1 saturated heterocycles. The van der Waals surface area contributed by atoms with Gasteiger partial charge in [-0.2, -0.15) is 13.2 Å². The van der Waals surface area contributed by atoms with Gasteiger partial charge in [-0.15, -0.1) is 0 Å². The molecule has 2 amide bonds. The van der Waals surface area contributed by atoms with E-state index in [0.717, 1.165) is 0 Å². The molecule has 1 rings (SSSR count). The standard InChI is InChI=1S/C13H23F3N2O3S/c1-8(2)10(13(14,15)16)18-11(19)17-9-5-6-22(20,21)12(3,4)7-9/h8-10H,5-7H2,1-4H3,(H2,17,18,19)/t9?,10-/m0/s1. The Morgan fingerprint density at radius 1 is 1.27 bits per heavy atom. The molecule has 0 saturated carbocycles. The molecule has 0 bridgehead atoms. The van der Waals surface area contributed by atoms with Crippen molar-refractivity contribution in [3.8, 4) is 0 Å². The molecule has 0 aromatic rings. The fourth-order valence-corrected chi connectivity index (χ4v) is 4.12. The van der Waals surface area contributed by atoms with Crippen molar-refractivity contribution in [3.05, 3.63) is 0 Å². The van der Waals surface area contributed by atoms with Crippen molar-refractivity contribution in [2.75, 3.05) is 5.75 Å². The van der Waals surface area contributed by atoms with Gasteiger partial charge in [-0.3, -0.25) is 0 Å². The van der Waals surface area contributed by atoms with Crippen molar-refractivity contribution in [2.45, 2.75) is 63.5 Å². The van der Waals surface area contributed by atoms with E-state index >= 15 is 0 Å². The van der Waals surface area contributed by atoms with Crippen LogP contribution in [0.1, 0.15) is 40.5 Å². The summed E-state index contributed by atoms with van der Waals surface area (Å²) in [6, 6.07) is -3.32. The molecule has 9 heteroatoms. The van der Waals surface area contributed by atoms with Crippen molar-refractivity contribution in [1.29, 1.82) is 0 Å². The summed E-state index contributed by atoms with van der Waals surface area (Å²) in [5.74, 6) is -0.883. The number of sulfone groups is 1. The van der Waals surface area contributed by atoms with E-state index in [4.69, 9.17) is 0 Å². The average molecular weight is 344 g/mol. The summed E-state index contributed by atoms with van der Waals surface area (Å²) >= 11 is 0. The van der Waals surface area contributed by atoms with Crippen LogP contribution in [-0.4, -0.2) is 43.2 Å². The van der Waals surface area contributed by atoms with Crippen LogP contribution in [0.2, 0.25) is 0 Å². The minimum Gasteiger partial charge on any atom is -0.335 e. The highest BCUT2D eigenvalue weighted by Crippen LogP contribution is 2.30. The molecule has 2 N–H and O–H groups in total. The topological polar surface area (TPSA) is 75.3 Å². The number of carbonyl (C=O) groups excluding carboxylic acids is 1. The zero-order chi connectivity index (χ0) is 17.3. The molecule has 2 atom stereocenters. The number of hydrogen-bond donors (Lipinski definition) is 2. The number of urea groups is 1. The normalized spacial score (nSPS) is 25.5. The lowest BCUT2D eigenvalue weighted by Gasteiger charge is -2.35. The lowest BCUT2D eigenvalue weighted by Crippen LogP contribution is -2.56. The van der Waals surface area contributed by atoms with Gasteiger partial charge in [0, 0.05) is 6.04 Å². The smallest absolute Gasteiger partial charge is 0.335 e. The summed E-state index contributed by atoms with van der Waals surface area (Å²) in [5, 5.41) is 4.38. The molecule has 0 radical (unpaired) electrons. The lowest BCUT2D eigenvalue weighted by atomic mass is 10.00. The highest BCUT2D eigenvalue weighted by Gasteiger charge is 2.44. The van der Waals surface area contributed by atoms with Gasteiger partial charge in [0.2, 0.25) is 0 Å². The van der Waals surface area contributed by atoms with Crippen LogP contribution in [0.15, 0.2) is 0 Å². The van der Waals surface area contributed by atoms with Crippen LogP contribution in [0.3, 0.4) is 0 Å². The van der Waals surface area contributed by atoms with Crippen molar-refractivity contribution >= 4 is 15.9 Å². The first-order valence-corrected chi connectivity index (χ1v) is 8.77. The van der Waals surface area contributed by atoms with E-state index in [1.807, 2.05) is 5.32 Å². The molecule has 1 unspecified atom stereocenters. The summed E-state index contributed by atoms with van der Waals surface area (Å²) < 4.78 is 61.2. The third-order valence-electron chi connectivity index (χ3n) is 3.96. The molecule has 0 spiro atoms. The predicted molar refractivity (Wildman–Crippen MR) is 77.2 cm³/mol. The van der Waals surface area contributed by atoms with E-state index in [9.17, 15) is 26.4 Å². The van der Waals surface area contributed by atoms with E-state index < -0.39 is 44.8 Å². The largest absolute Gasteiger partial charge is 0.408 e. The van der Waals surface area contributed by atoms with Crippen LogP contribution in [0.4, 0.5) is 18.0 Å². The second-order valence-corrected chi connectivity index (χ2v) is 9.39. The molecular weight excluding hydrogens is 321 g/mol. The van der Waals surface area contributed by atoms with Crippen molar-refractivity contribution in [1.82, 2.24) is 10.6 Å². The number of alkyl halides is 3. The van der Waals surface area contributed by atoms with Gasteiger partial charge in [0.05, 0.1) is 10.5 Å². The predicted octanol–water partition coefficient (Wildman–Crippen LogP) is 2.23. The van der Waals surface area contributed by atoms with Gasteiger partial charge in [-0.1, -0.05) is 13.8 Å². The lowest BCUT2D eigenvalue weighted by molar-refractivity contribution is -0.162. The minimum atomic E-state index is -4.53.